The van der Waals surface area contributed by atoms with Gasteiger partial charge in [0, 0.05) is 6.54 Å². The monoisotopic (exact) mass is 282 g/mol. The minimum Gasteiger partial charge on any atom is -0.319 e. The van der Waals surface area contributed by atoms with Crippen molar-refractivity contribution >= 4 is 33.2 Å². The maximum absolute atomic E-state index is 10.9. The first kappa shape index (κ1) is 16.6. The van der Waals surface area contributed by atoms with Crippen LogP contribution in [0.25, 0.3) is 0 Å². The Bertz CT molecular complexity index is 243. The Kier molecular flexibility index (Phi) is 10.5. The SMILES string of the molecule is CCOOC(=O)NCCCC[C@H](NP)C(=O)S. The topological polar surface area (TPSA) is 76.7 Å². The minimum atomic E-state index is -0.599. The predicted octanol–water partition coefficient (Wildman–Crippen LogP) is 1.04. The van der Waals surface area contributed by atoms with Crippen LogP contribution < -0.4 is 10.4 Å². The number of amides is 1. The van der Waals surface area contributed by atoms with Gasteiger partial charge in [-0.25, -0.2) is 4.79 Å². The summed E-state index contributed by atoms with van der Waals surface area (Å²) in [4.78, 5) is 30.7. The van der Waals surface area contributed by atoms with Crippen LogP contribution in [0.4, 0.5) is 4.79 Å². The highest BCUT2D eigenvalue weighted by Gasteiger charge is 2.11. The summed E-state index contributed by atoms with van der Waals surface area (Å²) in [5.41, 5.74) is 0. The maximum atomic E-state index is 10.9. The van der Waals surface area contributed by atoms with E-state index in [1.54, 1.807) is 6.92 Å². The molecule has 6 nitrogen and oxygen atoms in total. The lowest BCUT2D eigenvalue weighted by Crippen LogP contribution is -2.28. The van der Waals surface area contributed by atoms with Gasteiger partial charge >= 0.3 is 6.09 Å². The van der Waals surface area contributed by atoms with Gasteiger partial charge in [-0.3, -0.25) is 14.8 Å². The first-order chi connectivity index (χ1) is 8.11. The van der Waals surface area contributed by atoms with Crippen molar-refractivity contribution in [2.24, 2.45) is 0 Å². The molecule has 0 aliphatic heterocycles. The van der Waals surface area contributed by atoms with Crippen molar-refractivity contribution in [2.75, 3.05) is 13.2 Å². The molecule has 1 amide bonds. The van der Waals surface area contributed by atoms with Crippen LogP contribution in [0.3, 0.4) is 0 Å². The van der Waals surface area contributed by atoms with Crippen LogP contribution in [-0.2, 0) is 14.6 Å². The van der Waals surface area contributed by atoms with Gasteiger partial charge in [0.2, 0.25) is 5.12 Å². The fraction of sp³-hybridized carbons (Fsp3) is 0.778. The molecule has 0 aliphatic rings. The van der Waals surface area contributed by atoms with Gasteiger partial charge in [0.1, 0.15) is 0 Å². The highest BCUT2D eigenvalue weighted by atomic mass is 32.1. The Hall–Kier alpha value is -0.360. The average Bonchev–Trinajstić information content (AvgIpc) is 2.30. The van der Waals surface area contributed by atoms with E-state index in [4.69, 9.17) is 0 Å². The number of unbranched alkanes of at least 4 members (excludes halogenated alkanes) is 1. The summed E-state index contributed by atoms with van der Waals surface area (Å²) in [7, 11) is 2.29. The molecule has 0 radical (unpaired) electrons. The van der Waals surface area contributed by atoms with Gasteiger partial charge in [-0.15, -0.1) is 12.6 Å². The number of nitrogens with one attached hydrogen (secondary N) is 2. The van der Waals surface area contributed by atoms with Crippen molar-refractivity contribution in [1.82, 2.24) is 10.4 Å². The molecule has 0 saturated heterocycles. The summed E-state index contributed by atoms with van der Waals surface area (Å²) >= 11 is 3.75. The van der Waals surface area contributed by atoms with Gasteiger partial charge in [0.15, 0.2) is 0 Å². The molecular weight excluding hydrogens is 263 g/mol. The second kappa shape index (κ2) is 10.8. The fourth-order valence-corrected chi connectivity index (χ4v) is 1.75. The van der Waals surface area contributed by atoms with Crippen LogP contribution in [0.5, 0.6) is 0 Å². The number of thiol groups is 1. The molecule has 17 heavy (non-hydrogen) atoms. The number of carbonyl (C=O) groups is 2. The Morgan fingerprint density at radius 2 is 2.12 bits per heavy atom. The molecule has 2 atom stereocenters. The van der Waals surface area contributed by atoms with Crippen LogP contribution in [-0.4, -0.2) is 30.4 Å². The van der Waals surface area contributed by atoms with E-state index in [0.29, 0.717) is 19.6 Å². The van der Waals surface area contributed by atoms with E-state index in [9.17, 15) is 9.59 Å². The predicted molar refractivity (Wildman–Crippen MR) is 70.6 cm³/mol. The third-order valence-corrected chi connectivity index (χ3v) is 2.65. The second-order valence-electron chi connectivity index (χ2n) is 3.26. The van der Waals surface area contributed by atoms with Crippen LogP contribution in [0.15, 0.2) is 0 Å². The van der Waals surface area contributed by atoms with Gasteiger partial charge in [-0.2, -0.15) is 4.89 Å². The summed E-state index contributed by atoms with van der Waals surface area (Å²) in [6, 6.07) is -0.265. The third kappa shape index (κ3) is 9.35. The van der Waals surface area contributed by atoms with E-state index < -0.39 is 6.09 Å². The van der Waals surface area contributed by atoms with E-state index >= 15 is 0 Å². The average molecular weight is 282 g/mol. The van der Waals surface area contributed by atoms with Crippen molar-refractivity contribution in [3.63, 3.8) is 0 Å². The van der Waals surface area contributed by atoms with Crippen molar-refractivity contribution in [1.29, 1.82) is 0 Å². The van der Waals surface area contributed by atoms with Crippen molar-refractivity contribution in [3.05, 3.63) is 0 Å². The molecule has 0 bridgehead atoms. The smallest absolute Gasteiger partial charge is 0.319 e. The summed E-state index contributed by atoms with van der Waals surface area (Å²) in [6.45, 7) is 2.52. The molecule has 0 spiro atoms. The van der Waals surface area contributed by atoms with Gasteiger partial charge in [-0.1, -0.05) is 9.39 Å². The Labute approximate surface area is 109 Å². The summed E-state index contributed by atoms with van der Waals surface area (Å²) in [5, 5.41) is 5.12. The molecule has 0 saturated carbocycles. The third-order valence-electron chi connectivity index (χ3n) is 1.94. The summed E-state index contributed by atoms with van der Waals surface area (Å²) in [5.74, 6) is 0. The molecule has 0 rings (SSSR count). The molecule has 0 aromatic heterocycles. The molecule has 8 heteroatoms. The van der Waals surface area contributed by atoms with E-state index in [0.717, 1.165) is 12.8 Å². The van der Waals surface area contributed by atoms with Gasteiger partial charge in [0.25, 0.3) is 0 Å². The Morgan fingerprint density at radius 1 is 1.41 bits per heavy atom. The largest absolute Gasteiger partial charge is 0.438 e. The molecule has 2 N–H and O–H groups in total. The van der Waals surface area contributed by atoms with Crippen molar-refractivity contribution in [3.8, 4) is 0 Å². The Balaban J connectivity index is 3.45. The number of hydrogen-bond donors (Lipinski definition) is 3. The van der Waals surface area contributed by atoms with Crippen molar-refractivity contribution in [2.45, 2.75) is 32.2 Å². The molecule has 1 unspecified atom stereocenters. The minimum absolute atomic E-state index is 0.191. The van der Waals surface area contributed by atoms with Gasteiger partial charge in [-0.05, 0) is 26.2 Å². The lowest BCUT2D eigenvalue weighted by molar-refractivity contribution is -0.234. The first-order valence-electron chi connectivity index (χ1n) is 5.38. The molecule has 0 heterocycles. The van der Waals surface area contributed by atoms with Crippen LogP contribution in [0.1, 0.15) is 26.2 Å². The second-order valence-corrected chi connectivity index (χ2v) is 4.03. The lowest BCUT2D eigenvalue weighted by atomic mass is 10.1. The van der Waals surface area contributed by atoms with Crippen LogP contribution in [0, 0.1) is 0 Å². The number of carbonyl (C=O) groups excluding carboxylic acids is 2. The first-order valence-corrected chi connectivity index (χ1v) is 6.40. The van der Waals surface area contributed by atoms with Gasteiger partial charge < -0.3 is 5.32 Å². The number of hydrogen-bond acceptors (Lipinski definition) is 5. The zero-order chi connectivity index (χ0) is 13.1. The van der Waals surface area contributed by atoms with E-state index in [1.165, 1.54) is 0 Å². The Morgan fingerprint density at radius 3 is 2.65 bits per heavy atom. The highest BCUT2D eigenvalue weighted by molar-refractivity contribution is 7.96. The molecule has 0 aromatic carbocycles. The zero-order valence-electron chi connectivity index (χ0n) is 9.77. The molecule has 0 fully saturated rings. The summed E-state index contributed by atoms with van der Waals surface area (Å²) < 4.78 is 0. The zero-order valence-corrected chi connectivity index (χ0v) is 11.8. The van der Waals surface area contributed by atoms with Crippen LogP contribution in [0.2, 0.25) is 0 Å². The van der Waals surface area contributed by atoms with Crippen LogP contribution >= 0.6 is 22.0 Å². The normalized spacial score (nSPS) is 11.9. The quantitative estimate of drug-likeness (QED) is 0.194. The molecular formula is C9H19N2O4PS. The molecule has 0 aliphatic carbocycles. The highest BCUT2D eigenvalue weighted by Crippen LogP contribution is 2.05. The lowest BCUT2D eigenvalue weighted by Gasteiger charge is -2.11. The van der Waals surface area contributed by atoms with E-state index in [2.05, 4.69) is 42.2 Å². The maximum Gasteiger partial charge on any atom is 0.438 e. The molecule has 100 valence electrons. The number of rotatable bonds is 9. The molecule has 0 aromatic rings. The van der Waals surface area contributed by atoms with Crippen molar-refractivity contribution < 1.29 is 19.4 Å². The van der Waals surface area contributed by atoms with E-state index in [-0.39, 0.29) is 11.2 Å². The fourth-order valence-electron chi connectivity index (χ4n) is 1.08. The van der Waals surface area contributed by atoms with E-state index in [1.807, 2.05) is 0 Å². The summed E-state index contributed by atoms with van der Waals surface area (Å²) in [6.07, 6.45) is 1.63. The standard InChI is InChI=1S/C9H19N2O4PS/c1-2-14-15-9(13)10-6-4-3-5-7(11-16)8(12)17/h7,11H,2-6,16H2,1H3,(H,10,13)(H,12,17)/t7-/m0/s1. The van der Waals surface area contributed by atoms with Gasteiger partial charge in [0.05, 0.1) is 12.6 Å².